The molecule has 5 heteroatoms. The summed E-state index contributed by atoms with van der Waals surface area (Å²) in [6.45, 7) is 1.84. The van der Waals surface area contributed by atoms with Crippen LogP contribution in [0.3, 0.4) is 0 Å². The minimum absolute atomic E-state index is 0.198. The van der Waals surface area contributed by atoms with Crippen LogP contribution in [0.4, 0.5) is 4.39 Å². The van der Waals surface area contributed by atoms with Gasteiger partial charge in [-0.1, -0.05) is 28.1 Å². The lowest BCUT2D eigenvalue weighted by Gasteiger charge is -2.08. The number of fused-ring (bicyclic) bond motifs is 1. The van der Waals surface area contributed by atoms with Crippen LogP contribution in [0.15, 0.2) is 40.9 Å². The predicted molar refractivity (Wildman–Crippen MR) is 82.1 cm³/mol. The Kier molecular flexibility index (Phi) is 4.41. The van der Waals surface area contributed by atoms with E-state index in [2.05, 4.69) is 21.2 Å². The normalized spacial score (nSPS) is 12.7. The van der Waals surface area contributed by atoms with Crippen molar-refractivity contribution >= 4 is 15.9 Å². The molecule has 0 saturated heterocycles. The first-order valence-corrected chi connectivity index (χ1v) is 7.55. The van der Waals surface area contributed by atoms with E-state index in [-0.39, 0.29) is 12.6 Å². The van der Waals surface area contributed by atoms with Gasteiger partial charge in [-0.15, -0.1) is 0 Å². The number of rotatable bonds is 5. The van der Waals surface area contributed by atoms with Crippen molar-refractivity contribution in [1.82, 2.24) is 5.32 Å². The standard InChI is InChI=1S/C16H15BrFNO2/c17-14-8-16-15(20-10-21-16)7-12(14)9-19-6-5-11-1-3-13(18)4-2-11/h1-4,7-8,19H,5-6,9-10H2. The Labute approximate surface area is 131 Å². The van der Waals surface area contributed by atoms with Gasteiger partial charge < -0.3 is 14.8 Å². The molecule has 110 valence electrons. The van der Waals surface area contributed by atoms with Gasteiger partial charge in [0.15, 0.2) is 11.5 Å². The van der Waals surface area contributed by atoms with Gasteiger partial charge >= 0.3 is 0 Å². The highest BCUT2D eigenvalue weighted by molar-refractivity contribution is 9.10. The van der Waals surface area contributed by atoms with Crippen LogP contribution in [0.1, 0.15) is 11.1 Å². The third kappa shape index (κ3) is 3.54. The number of benzene rings is 2. The maximum atomic E-state index is 12.8. The highest BCUT2D eigenvalue weighted by atomic mass is 79.9. The number of hydrogen-bond donors (Lipinski definition) is 1. The first kappa shape index (κ1) is 14.4. The van der Waals surface area contributed by atoms with Gasteiger partial charge in [0.2, 0.25) is 6.79 Å². The predicted octanol–water partition coefficient (Wildman–Crippen LogP) is 3.65. The minimum atomic E-state index is -0.198. The summed E-state index contributed by atoms with van der Waals surface area (Å²) >= 11 is 3.54. The Morgan fingerprint density at radius 1 is 1.10 bits per heavy atom. The van der Waals surface area contributed by atoms with Crippen molar-refractivity contribution in [2.45, 2.75) is 13.0 Å². The molecule has 21 heavy (non-hydrogen) atoms. The number of halogens is 2. The van der Waals surface area contributed by atoms with Gasteiger partial charge in [-0.2, -0.15) is 0 Å². The Morgan fingerprint density at radius 2 is 1.81 bits per heavy atom. The molecule has 0 amide bonds. The van der Waals surface area contributed by atoms with Gasteiger partial charge in [0.1, 0.15) is 5.82 Å². The van der Waals surface area contributed by atoms with Crippen molar-refractivity contribution in [3.8, 4) is 11.5 Å². The Hall–Kier alpha value is -1.59. The van der Waals surface area contributed by atoms with E-state index in [0.29, 0.717) is 0 Å². The van der Waals surface area contributed by atoms with Crippen LogP contribution in [0, 0.1) is 5.82 Å². The zero-order chi connectivity index (χ0) is 14.7. The molecule has 1 heterocycles. The summed E-state index contributed by atoms with van der Waals surface area (Å²) in [7, 11) is 0. The summed E-state index contributed by atoms with van der Waals surface area (Å²) in [5.74, 6) is 1.36. The monoisotopic (exact) mass is 351 g/mol. The minimum Gasteiger partial charge on any atom is -0.454 e. The van der Waals surface area contributed by atoms with E-state index in [9.17, 15) is 4.39 Å². The molecular weight excluding hydrogens is 337 g/mol. The van der Waals surface area contributed by atoms with Crippen LogP contribution in [0.25, 0.3) is 0 Å². The average molecular weight is 352 g/mol. The zero-order valence-corrected chi connectivity index (χ0v) is 13.0. The highest BCUT2D eigenvalue weighted by Gasteiger charge is 2.15. The smallest absolute Gasteiger partial charge is 0.231 e. The van der Waals surface area contributed by atoms with E-state index in [1.54, 1.807) is 0 Å². The van der Waals surface area contributed by atoms with Crippen molar-refractivity contribution in [1.29, 1.82) is 0 Å². The van der Waals surface area contributed by atoms with Crippen molar-refractivity contribution in [3.63, 3.8) is 0 Å². The first-order chi connectivity index (χ1) is 10.2. The lowest BCUT2D eigenvalue weighted by atomic mass is 10.1. The summed E-state index contributed by atoms with van der Waals surface area (Å²) in [6.07, 6.45) is 0.864. The second-order valence-electron chi connectivity index (χ2n) is 4.85. The van der Waals surface area contributed by atoms with Crippen molar-refractivity contribution in [2.75, 3.05) is 13.3 Å². The highest BCUT2D eigenvalue weighted by Crippen LogP contribution is 2.36. The van der Waals surface area contributed by atoms with Gasteiger partial charge in [-0.25, -0.2) is 4.39 Å². The summed E-state index contributed by atoms with van der Waals surface area (Å²) in [4.78, 5) is 0. The maximum Gasteiger partial charge on any atom is 0.231 e. The fourth-order valence-corrected chi connectivity index (χ4v) is 2.66. The van der Waals surface area contributed by atoms with E-state index < -0.39 is 0 Å². The molecule has 0 aliphatic carbocycles. The van der Waals surface area contributed by atoms with E-state index in [1.165, 1.54) is 12.1 Å². The molecule has 2 aromatic carbocycles. The largest absolute Gasteiger partial charge is 0.454 e. The summed E-state index contributed by atoms with van der Waals surface area (Å²) < 4.78 is 24.5. The molecule has 1 N–H and O–H groups in total. The number of hydrogen-bond acceptors (Lipinski definition) is 3. The molecule has 0 fully saturated rings. The first-order valence-electron chi connectivity index (χ1n) is 6.75. The quantitative estimate of drug-likeness (QED) is 0.834. The van der Waals surface area contributed by atoms with E-state index in [1.807, 2.05) is 24.3 Å². The fraction of sp³-hybridized carbons (Fsp3) is 0.250. The third-order valence-corrected chi connectivity index (χ3v) is 4.10. The summed E-state index contributed by atoms with van der Waals surface area (Å²) in [5, 5.41) is 3.38. The van der Waals surface area contributed by atoms with Crippen LogP contribution in [-0.4, -0.2) is 13.3 Å². The molecule has 0 spiro atoms. The maximum absolute atomic E-state index is 12.8. The second-order valence-corrected chi connectivity index (χ2v) is 5.70. The second kappa shape index (κ2) is 6.45. The van der Waals surface area contributed by atoms with E-state index >= 15 is 0 Å². The van der Waals surface area contributed by atoms with Gasteiger partial charge in [-0.05, 0) is 48.4 Å². The average Bonchev–Trinajstić information content (AvgIpc) is 2.92. The molecular formula is C16H15BrFNO2. The Morgan fingerprint density at radius 3 is 2.57 bits per heavy atom. The molecule has 3 rings (SSSR count). The van der Waals surface area contributed by atoms with Crippen LogP contribution >= 0.6 is 15.9 Å². The van der Waals surface area contributed by atoms with Crippen LogP contribution in [0.5, 0.6) is 11.5 Å². The summed E-state index contributed by atoms with van der Waals surface area (Å²) in [6, 6.07) is 10.5. The van der Waals surface area contributed by atoms with E-state index in [0.717, 1.165) is 46.6 Å². The number of ether oxygens (including phenoxy) is 2. The summed E-state index contributed by atoms with van der Waals surface area (Å²) in [5.41, 5.74) is 2.24. The molecule has 0 aromatic heterocycles. The Bertz CT molecular complexity index is 631. The third-order valence-electron chi connectivity index (χ3n) is 3.36. The van der Waals surface area contributed by atoms with Gasteiger partial charge in [0, 0.05) is 11.0 Å². The van der Waals surface area contributed by atoms with Crippen LogP contribution in [0.2, 0.25) is 0 Å². The van der Waals surface area contributed by atoms with Crippen molar-refractivity contribution < 1.29 is 13.9 Å². The topological polar surface area (TPSA) is 30.5 Å². The lowest BCUT2D eigenvalue weighted by molar-refractivity contribution is 0.174. The van der Waals surface area contributed by atoms with Crippen molar-refractivity contribution in [3.05, 3.63) is 57.8 Å². The van der Waals surface area contributed by atoms with Crippen LogP contribution < -0.4 is 14.8 Å². The molecule has 1 aliphatic heterocycles. The molecule has 1 aliphatic rings. The molecule has 0 radical (unpaired) electrons. The molecule has 0 saturated carbocycles. The fourth-order valence-electron chi connectivity index (χ4n) is 2.20. The van der Waals surface area contributed by atoms with Gasteiger partial charge in [0.25, 0.3) is 0 Å². The lowest BCUT2D eigenvalue weighted by Crippen LogP contribution is -2.17. The zero-order valence-electron chi connectivity index (χ0n) is 11.4. The molecule has 3 nitrogen and oxygen atoms in total. The van der Waals surface area contributed by atoms with Gasteiger partial charge in [0.05, 0.1) is 0 Å². The van der Waals surface area contributed by atoms with Gasteiger partial charge in [-0.3, -0.25) is 0 Å². The molecule has 0 unspecified atom stereocenters. The SMILES string of the molecule is Fc1ccc(CCNCc2cc3c(cc2Br)OCO3)cc1. The number of nitrogens with one attached hydrogen (secondary N) is 1. The van der Waals surface area contributed by atoms with Crippen molar-refractivity contribution in [2.24, 2.45) is 0 Å². The Balaban J connectivity index is 1.52. The molecule has 0 atom stereocenters. The van der Waals surface area contributed by atoms with Crippen LogP contribution in [-0.2, 0) is 13.0 Å². The molecule has 0 bridgehead atoms. The molecule has 2 aromatic rings. The van der Waals surface area contributed by atoms with E-state index in [4.69, 9.17) is 9.47 Å².